The predicted molar refractivity (Wildman–Crippen MR) is 91.3 cm³/mol. The van der Waals surface area contributed by atoms with Gasteiger partial charge in [-0.15, -0.1) is 23.1 Å². The number of hydrogen-bond acceptors (Lipinski definition) is 7. The second-order valence-electron chi connectivity index (χ2n) is 6.16. The van der Waals surface area contributed by atoms with Gasteiger partial charge in [0.1, 0.15) is 21.5 Å². The molecule has 1 aliphatic carbocycles. The van der Waals surface area contributed by atoms with E-state index in [1.807, 2.05) is 6.92 Å². The molecule has 2 aliphatic rings. The maximum Gasteiger partial charge on any atom is 0.329 e. The number of aliphatic imine (C=N–C) groups is 1. The molecule has 0 radical (unpaired) electrons. The third kappa shape index (κ3) is 3.84. The van der Waals surface area contributed by atoms with Gasteiger partial charge in [-0.2, -0.15) is 0 Å². The average molecular weight is 367 g/mol. The Kier molecular flexibility index (Phi) is 4.73. The first-order valence-electron chi connectivity index (χ1n) is 7.55. The second-order valence-corrected chi connectivity index (χ2v) is 8.11. The second kappa shape index (κ2) is 6.64. The quantitative estimate of drug-likeness (QED) is 0.706. The van der Waals surface area contributed by atoms with Crippen molar-refractivity contribution in [1.82, 2.24) is 10.3 Å². The average Bonchev–Trinajstić information content (AvgIpc) is 2.96. The Hall–Kier alpha value is -1.74. The first-order valence-corrected chi connectivity index (χ1v) is 9.42. The Bertz CT molecular complexity index is 724. The lowest BCUT2D eigenvalue weighted by molar-refractivity contribution is -0.138. The van der Waals surface area contributed by atoms with E-state index in [9.17, 15) is 14.4 Å². The zero-order valence-corrected chi connectivity index (χ0v) is 14.7. The monoisotopic (exact) mass is 367 g/mol. The fraction of sp³-hybridized carbons (Fsp3) is 0.533. The largest absolute Gasteiger partial charge is 0.480 e. The molecule has 0 spiro atoms. The number of carboxylic acids is 1. The summed E-state index contributed by atoms with van der Waals surface area (Å²) in [4.78, 5) is 43.1. The van der Waals surface area contributed by atoms with Crippen LogP contribution in [0.5, 0.6) is 0 Å². The summed E-state index contributed by atoms with van der Waals surface area (Å²) in [7, 11) is 0. The molecule has 0 saturated heterocycles. The number of nitrogens with zero attached hydrogens (tertiary/aromatic N) is 2. The normalized spacial score (nSPS) is 21.2. The number of nitrogens with one attached hydrogen (secondary N) is 1. The van der Waals surface area contributed by atoms with Gasteiger partial charge in [-0.3, -0.25) is 14.6 Å². The molecule has 128 valence electrons. The number of carbonyl (C=O) groups excluding carboxylic acids is 2. The van der Waals surface area contributed by atoms with Gasteiger partial charge in [-0.25, -0.2) is 9.78 Å². The highest BCUT2D eigenvalue weighted by atomic mass is 32.2. The highest BCUT2D eigenvalue weighted by Crippen LogP contribution is 2.46. The van der Waals surface area contributed by atoms with Crippen LogP contribution in [0.2, 0.25) is 0 Å². The van der Waals surface area contributed by atoms with Crippen molar-refractivity contribution < 1.29 is 19.5 Å². The van der Waals surface area contributed by atoms with Crippen molar-refractivity contribution >= 4 is 45.8 Å². The van der Waals surface area contributed by atoms with Crippen LogP contribution in [0.15, 0.2) is 10.4 Å². The Morgan fingerprint density at radius 2 is 2.17 bits per heavy atom. The van der Waals surface area contributed by atoms with Crippen molar-refractivity contribution in [2.45, 2.75) is 38.8 Å². The number of amides is 1. The van der Waals surface area contributed by atoms with Gasteiger partial charge < -0.3 is 10.4 Å². The lowest BCUT2D eigenvalue weighted by Crippen LogP contribution is -2.27. The Balaban J connectivity index is 1.51. The third-order valence-electron chi connectivity index (χ3n) is 4.14. The van der Waals surface area contributed by atoms with Gasteiger partial charge in [0, 0.05) is 16.5 Å². The number of carbonyl (C=O) groups is 3. The lowest BCUT2D eigenvalue weighted by Gasteiger charge is -2.06. The molecule has 1 saturated carbocycles. The number of hydrogen-bond donors (Lipinski definition) is 2. The van der Waals surface area contributed by atoms with Crippen molar-refractivity contribution in [3.8, 4) is 0 Å². The molecule has 1 atom stereocenters. The number of thioether (sulfide) groups is 1. The maximum atomic E-state index is 11.9. The fourth-order valence-electron chi connectivity index (χ4n) is 2.19. The molecule has 3 rings (SSSR count). The lowest BCUT2D eigenvalue weighted by atomic mass is 10.0. The topological polar surface area (TPSA) is 109 Å². The molecule has 1 amide bonds. The van der Waals surface area contributed by atoms with Crippen molar-refractivity contribution in [1.29, 1.82) is 0 Å². The maximum absolute atomic E-state index is 11.9. The van der Waals surface area contributed by atoms with Crippen LogP contribution in [0, 0.1) is 5.41 Å². The molecule has 1 aliphatic heterocycles. The highest BCUT2D eigenvalue weighted by Gasteiger charge is 2.44. The van der Waals surface area contributed by atoms with E-state index >= 15 is 0 Å². The van der Waals surface area contributed by atoms with Crippen LogP contribution >= 0.6 is 23.1 Å². The summed E-state index contributed by atoms with van der Waals surface area (Å²) in [6.07, 6.45) is 1.65. The molecule has 0 bridgehead atoms. The minimum atomic E-state index is -0.936. The summed E-state index contributed by atoms with van der Waals surface area (Å²) < 4.78 is 0. The number of aliphatic carboxylic acids is 1. The van der Waals surface area contributed by atoms with Crippen LogP contribution in [0.25, 0.3) is 0 Å². The summed E-state index contributed by atoms with van der Waals surface area (Å²) in [6.45, 7) is 2.15. The van der Waals surface area contributed by atoms with E-state index in [0.717, 1.165) is 12.8 Å². The zero-order valence-electron chi connectivity index (χ0n) is 13.1. The van der Waals surface area contributed by atoms with Crippen LogP contribution in [0.1, 0.15) is 36.9 Å². The number of thiazole rings is 1. The number of Topliss-reactive ketones (excluding diaryl/α,β-unsaturated/α-hetero) is 1. The molecule has 1 fully saturated rings. The van der Waals surface area contributed by atoms with Gasteiger partial charge in [0.15, 0.2) is 6.04 Å². The molecule has 1 aromatic rings. The summed E-state index contributed by atoms with van der Waals surface area (Å²) in [5.74, 6) is -0.816. The predicted octanol–water partition coefficient (Wildman–Crippen LogP) is 1.47. The third-order valence-corrected chi connectivity index (χ3v) is 6.06. The van der Waals surface area contributed by atoms with E-state index in [2.05, 4.69) is 15.3 Å². The van der Waals surface area contributed by atoms with Crippen molar-refractivity contribution in [3.63, 3.8) is 0 Å². The van der Waals surface area contributed by atoms with E-state index in [1.165, 1.54) is 23.1 Å². The number of aromatic nitrogens is 1. The van der Waals surface area contributed by atoms with Crippen LogP contribution in [0.4, 0.5) is 0 Å². The van der Waals surface area contributed by atoms with Gasteiger partial charge >= 0.3 is 5.97 Å². The zero-order chi connectivity index (χ0) is 17.3. The Labute approximate surface area is 147 Å². The Morgan fingerprint density at radius 1 is 1.42 bits per heavy atom. The first kappa shape index (κ1) is 17.1. The summed E-state index contributed by atoms with van der Waals surface area (Å²) in [5, 5.41) is 14.8. The van der Waals surface area contributed by atoms with Crippen LogP contribution in [-0.4, -0.2) is 44.6 Å². The molecular weight excluding hydrogens is 350 g/mol. The van der Waals surface area contributed by atoms with Crippen LogP contribution < -0.4 is 5.32 Å². The minimum absolute atomic E-state index is 0.00347. The molecule has 1 aromatic heterocycles. The van der Waals surface area contributed by atoms with Gasteiger partial charge in [-0.1, -0.05) is 6.92 Å². The number of carboxylic acid groups (broad SMARTS) is 1. The molecule has 7 nitrogen and oxygen atoms in total. The van der Waals surface area contributed by atoms with E-state index < -0.39 is 12.0 Å². The molecule has 9 heteroatoms. The first-order chi connectivity index (χ1) is 11.4. The van der Waals surface area contributed by atoms with Gasteiger partial charge in [0.25, 0.3) is 0 Å². The summed E-state index contributed by atoms with van der Waals surface area (Å²) in [5.41, 5.74) is 0.351. The van der Waals surface area contributed by atoms with Crippen LogP contribution in [0.3, 0.4) is 0 Å². The number of rotatable bonds is 7. The number of ketones is 1. The van der Waals surface area contributed by atoms with E-state index in [-0.39, 0.29) is 30.1 Å². The van der Waals surface area contributed by atoms with E-state index in [1.54, 1.807) is 5.38 Å². The summed E-state index contributed by atoms with van der Waals surface area (Å²) >= 11 is 2.74. The minimum Gasteiger partial charge on any atom is -0.480 e. The molecule has 0 aromatic carbocycles. The Morgan fingerprint density at radius 3 is 2.79 bits per heavy atom. The smallest absolute Gasteiger partial charge is 0.329 e. The molecule has 2 N–H and O–H groups in total. The van der Waals surface area contributed by atoms with Gasteiger partial charge in [-0.05, 0) is 12.8 Å². The molecular formula is C15H17N3O4S2. The molecule has 24 heavy (non-hydrogen) atoms. The summed E-state index contributed by atoms with van der Waals surface area (Å²) in [6, 6.07) is -0.718. The highest BCUT2D eigenvalue weighted by molar-refractivity contribution is 8.14. The molecule has 1 unspecified atom stereocenters. The van der Waals surface area contributed by atoms with Crippen molar-refractivity contribution in [2.75, 3.05) is 5.75 Å². The SMILES string of the molecule is CC1(C(=O)CC(=O)NCc2nc(C3=NC(C(=O)O)CS3)cs2)CC1. The van der Waals surface area contributed by atoms with Crippen molar-refractivity contribution in [3.05, 3.63) is 16.1 Å². The van der Waals surface area contributed by atoms with Gasteiger partial charge in [0.2, 0.25) is 5.91 Å². The van der Waals surface area contributed by atoms with Crippen molar-refractivity contribution in [2.24, 2.45) is 10.4 Å². The standard InChI is InChI=1S/C15H17N3O4S2/c1-15(2-3-15)10(19)4-11(20)16-5-12-17-8(6-23-12)13-18-9(7-24-13)14(21)22/h6,9H,2-5,7H2,1H3,(H,16,20)(H,21,22). The van der Waals surface area contributed by atoms with E-state index in [4.69, 9.17) is 5.11 Å². The van der Waals surface area contributed by atoms with Crippen LogP contribution in [-0.2, 0) is 20.9 Å². The van der Waals surface area contributed by atoms with E-state index in [0.29, 0.717) is 21.5 Å². The van der Waals surface area contributed by atoms with Gasteiger partial charge in [0.05, 0.1) is 13.0 Å². The molecule has 2 heterocycles. The fourth-order valence-corrected chi connectivity index (χ4v) is 3.97.